The van der Waals surface area contributed by atoms with Gasteiger partial charge in [-0.05, 0) is 50.2 Å². The lowest BCUT2D eigenvalue weighted by molar-refractivity contribution is 0.0691. The van der Waals surface area contributed by atoms with Gasteiger partial charge >= 0.3 is 0 Å². The molecule has 0 aliphatic rings. The van der Waals surface area contributed by atoms with Crippen LogP contribution in [0.4, 0.5) is 11.6 Å². The third-order valence-electron chi connectivity index (χ3n) is 5.14. The number of nitrogens with zero attached hydrogens (tertiary/aromatic N) is 3. The van der Waals surface area contributed by atoms with Crippen LogP contribution in [0.5, 0.6) is 0 Å². The van der Waals surface area contributed by atoms with Crippen LogP contribution in [-0.4, -0.2) is 43.8 Å². The maximum absolute atomic E-state index is 13.3. The highest BCUT2D eigenvalue weighted by Gasteiger charge is 2.21. The van der Waals surface area contributed by atoms with E-state index in [1.807, 2.05) is 18.2 Å². The van der Waals surface area contributed by atoms with Crippen LogP contribution in [0.3, 0.4) is 0 Å². The Balaban J connectivity index is 1.66. The number of hydrogen-bond acceptors (Lipinski definition) is 6. The monoisotopic (exact) mass is 504 g/mol. The van der Waals surface area contributed by atoms with Crippen LogP contribution in [0.15, 0.2) is 72.8 Å². The molecule has 0 bridgehead atoms. The van der Waals surface area contributed by atoms with E-state index in [0.717, 1.165) is 0 Å². The second kappa shape index (κ2) is 10.2. The van der Waals surface area contributed by atoms with Gasteiger partial charge in [-0.3, -0.25) is 9.59 Å². The van der Waals surface area contributed by atoms with E-state index in [2.05, 4.69) is 20.7 Å². The predicted molar refractivity (Wildman–Crippen MR) is 139 cm³/mol. The number of benzene rings is 2. The number of carbonyl (C=O) groups excluding carboxylic acids is 2. The Labute approximate surface area is 212 Å². The molecule has 2 aromatic carbocycles. The molecule has 0 aliphatic carbocycles. The fraction of sp³-hybridized carbons (Fsp3) is 0.154. The summed E-state index contributed by atoms with van der Waals surface area (Å²) in [5.74, 6) is -0.361. The fourth-order valence-electron chi connectivity index (χ4n) is 3.39. The van der Waals surface area contributed by atoms with Crippen LogP contribution >= 0.6 is 11.6 Å². The van der Waals surface area contributed by atoms with Gasteiger partial charge in [-0.25, -0.2) is 9.67 Å². The summed E-state index contributed by atoms with van der Waals surface area (Å²) in [6, 6.07) is 20.7. The van der Waals surface area contributed by atoms with Crippen LogP contribution in [0.25, 0.3) is 16.9 Å². The molecule has 2 aromatic heterocycles. The van der Waals surface area contributed by atoms with Crippen molar-refractivity contribution in [1.29, 1.82) is 0 Å². The quantitative estimate of drug-likeness (QED) is 0.301. The number of pyridine rings is 1. The van der Waals surface area contributed by atoms with Gasteiger partial charge in [0.15, 0.2) is 5.69 Å². The first kappa shape index (κ1) is 24.9. The normalized spacial score (nSPS) is 11.2. The molecule has 0 spiro atoms. The Kier molecular flexibility index (Phi) is 7.05. The van der Waals surface area contributed by atoms with Crippen molar-refractivity contribution in [3.05, 3.63) is 89.1 Å². The second-order valence-corrected chi connectivity index (χ2v) is 9.16. The molecule has 4 rings (SSSR count). The molecule has 2 amide bonds. The van der Waals surface area contributed by atoms with Crippen molar-refractivity contribution in [1.82, 2.24) is 20.1 Å². The number of para-hydroxylation sites is 1. The lowest BCUT2D eigenvalue weighted by Gasteiger charge is -2.16. The van der Waals surface area contributed by atoms with Crippen LogP contribution in [0.1, 0.15) is 34.7 Å². The van der Waals surface area contributed by atoms with Crippen molar-refractivity contribution in [2.24, 2.45) is 0 Å². The SMILES string of the molecule is CC(C)(O)CNC(=O)c1cc(NC(=O)c2cc(-c3cccc(N)n3)ccc2Cl)n(-c2ccccc2)n1. The molecule has 0 saturated carbocycles. The summed E-state index contributed by atoms with van der Waals surface area (Å²) in [7, 11) is 0. The molecule has 2 heterocycles. The number of nitrogens with one attached hydrogen (secondary N) is 2. The van der Waals surface area contributed by atoms with E-state index in [-0.39, 0.29) is 28.6 Å². The van der Waals surface area contributed by atoms with E-state index in [0.29, 0.717) is 22.8 Å². The van der Waals surface area contributed by atoms with Gasteiger partial charge < -0.3 is 21.5 Å². The third-order valence-corrected chi connectivity index (χ3v) is 5.47. The highest BCUT2D eigenvalue weighted by Crippen LogP contribution is 2.26. The zero-order valence-electron chi connectivity index (χ0n) is 19.7. The van der Waals surface area contributed by atoms with E-state index in [1.165, 1.54) is 10.7 Å². The topological polar surface area (TPSA) is 135 Å². The van der Waals surface area contributed by atoms with Gasteiger partial charge in [0.05, 0.1) is 27.6 Å². The molecule has 36 heavy (non-hydrogen) atoms. The fourth-order valence-corrected chi connectivity index (χ4v) is 3.59. The summed E-state index contributed by atoms with van der Waals surface area (Å²) in [6.45, 7) is 3.20. The summed E-state index contributed by atoms with van der Waals surface area (Å²) >= 11 is 6.36. The van der Waals surface area contributed by atoms with Gasteiger partial charge in [0, 0.05) is 18.2 Å². The zero-order valence-corrected chi connectivity index (χ0v) is 20.5. The Hall–Kier alpha value is -4.21. The lowest BCUT2D eigenvalue weighted by atomic mass is 10.1. The van der Waals surface area contributed by atoms with E-state index in [4.69, 9.17) is 17.3 Å². The molecule has 0 fully saturated rings. The highest BCUT2D eigenvalue weighted by molar-refractivity contribution is 6.34. The van der Waals surface area contributed by atoms with Crippen molar-refractivity contribution < 1.29 is 14.7 Å². The molecule has 0 saturated heterocycles. The average Bonchev–Trinajstić information content (AvgIpc) is 3.26. The summed E-state index contributed by atoms with van der Waals surface area (Å²) in [5.41, 5.74) is 6.90. The molecule has 0 atom stereocenters. The van der Waals surface area contributed by atoms with Crippen molar-refractivity contribution >= 4 is 35.1 Å². The minimum atomic E-state index is -1.09. The lowest BCUT2D eigenvalue weighted by Crippen LogP contribution is -2.38. The molecule has 0 unspecified atom stereocenters. The number of aromatic nitrogens is 3. The number of aliphatic hydroxyl groups is 1. The van der Waals surface area contributed by atoms with Gasteiger partial charge in [0.2, 0.25) is 0 Å². The Bertz CT molecular complexity index is 1410. The van der Waals surface area contributed by atoms with E-state index >= 15 is 0 Å². The van der Waals surface area contributed by atoms with Gasteiger partial charge in [-0.1, -0.05) is 41.9 Å². The zero-order chi connectivity index (χ0) is 25.9. The first-order valence-corrected chi connectivity index (χ1v) is 11.5. The molecule has 0 radical (unpaired) electrons. The van der Waals surface area contributed by atoms with Gasteiger partial charge in [-0.2, -0.15) is 5.10 Å². The second-order valence-electron chi connectivity index (χ2n) is 8.75. The van der Waals surface area contributed by atoms with Crippen molar-refractivity contribution in [2.45, 2.75) is 19.4 Å². The highest BCUT2D eigenvalue weighted by atomic mass is 35.5. The van der Waals surface area contributed by atoms with Crippen LogP contribution in [0, 0.1) is 0 Å². The van der Waals surface area contributed by atoms with Gasteiger partial charge in [0.25, 0.3) is 11.8 Å². The number of anilines is 2. The van der Waals surface area contributed by atoms with Gasteiger partial charge in [-0.15, -0.1) is 0 Å². The largest absolute Gasteiger partial charge is 0.389 e. The summed E-state index contributed by atoms with van der Waals surface area (Å²) in [5, 5.41) is 20.0. The first-order chi connectivity index (χ1) is 17.1. The number of nitrogen functional groups attached to an aromatic ring is 1. The van der Waals surface area contributed by atoms with Crippen LogP contribution in [0.2, 0.25) is 5.02 Å². The maximum atomic E-state index is 13.3. The van der Waals surface area contributed by atoms with E-state index in [9.17, 15) is 14.7 Å². The van der Waals surface area contributed by atoms with Crippen molar-refractivity contribution in [2.75, 3.05) is 17.6 Å². The molecule has 9 nitrogen and oxygen atoms in total. The average molecular weight is 505 g/mol. The van der Waals surface area contributed by atoms with E-state index < -0.39 is 17.4 Å². The van der Waals surface area contributed by atoms with E-state index in [1.54, 1.807) is 62.4 Å². The molecule has 10 heteroatoms. The minimum absolute atomic E-state index is 0.0339. The Morgan fingerprint density at radius 1 is 1.03 bits per heavy atom. The number of nitrogens with two attached hydrogens (primary N) is 1. The molecule has 184 valence electrons. The van der Waals surface area contributed by atoms with Crippen LogP contribution < -0.4 is 16.4 Å². The summed E-state index contributed by atoms with van der Waals surface area (Å²) in [6.07, 6.45) is 0. The summed E-state index contributed by atoms with van der Waals surface area (Å²) < 4.78 is 1.45. The maximum Gasteiger partial charge on any atom is 0.271 e. The number of rotatable bonds is 7. The number of halogens is 1. The van der Waals surface area contributed by atoms with Gasteiger partial charge in [0.1, 0.15) is 11.6 Å². The Morgan fingerprint density at radius 2 is 1.78 bits per heavy atom. The van der Waals surface area contributed by atoms with Crippen LogP contribution in [-0.2, 0) is 0 Å². The number of carbonyl (C=O) groups is 2. The molecular weight excluding hydrogens is 480 g/mol. The predicted octanol–water partition coefficient (Wildman–Crippen LogP) is 3.92. The third kappa shape index (κ3) is 5.88. The number of hydrogen-bond donors (Lipinski definition) is 4. The minimum Gasteiger partial charge on any atom is -0.389 e. The number of amides is 2. The van der Waals surface area contributed by atoms with Crippen molar-refractivity contribution in [3.8, 4) is 16.9 Å². The van der Waals surface area contributed by atoms with Crippen molar-refractivity contribution in [3.63, 3.8) is 0 Å². The summed E-state index contributed by atoms with van der Waals surface area (Å²) in [4.78, 5) is 30.3. The molecule has 5 N–H and O–H groups in total. The first-order valence-electron chi connectivity index (χ1n) is 11.1. The molecule has 4 aromatic rings. The molecular formula is C26H25ClN6O3. The molecule has 0 aliphatic heterocycles. The Morgan fingerprint density at radius 3 is 2.47 bits per heavy atom. The smallest absolute Gasteiger partial charge is 0.271 e. The standard InChI is InChI=1S/C26H25ClN6O3/c1-26(2,36)15-29-25(35)21-14-23(33(32-21)17-7-4-3-5-8-17)31-24(34)18-13-16(11-12-19(18)27)20-9-6-10-22(28)30-20/h3-14,36H,15H2,1-2H3,(H2,28,30)(H,29,35)(H,31,34).